The van der Waals surface area contributed by atoms with Crippen molar-refractivity contribution in [2.75, 3.05) is 19.6 Å². The number of para-hydroxylation sites is 3. The van der Waals surface area contributed by atoms with Crippen molar-refractivity contribution in [1.82, 2.24) is 19.9 Å². The summed E-state index contributed by atoms with van der Waals surface area (Å²) < 4.78 is 18.1. The van der Waals surface area contributed by atoms with Crippen LogP contribution in [-0.4, -0.2) is 34.3 Å². The summed E-state index contributed by atoms with van der Waals surface area (Å²) in [5, 5.41) is 2.95. The quantitative estimate of drug-likeness (QED) is 0.404. The molecule has 3 aromatic carbocycles. The summed E-state index contributed by atoms with van der Waals surface area (Å²) in [6, 6.07) is 20.5. The van der Waals surface area contributed by atoms with Gasteiger partial charge in [0, 0.05) is 18.2 Å². The largest absolute Gasteiger partial charge is 0.496 e. The zero-order chi connectivity index (χ0) is 23.9. The van der Waals surface area contributed by atoms with E-state index in [9.17, 15) is 4.79 Å². The van der Waals surface area contributed by atoms with Gasteiger partial charge in [-0.15, -0.1) is 0 Å². The number of methoxy groups -OCH3 is 1. The smallest absolute Gasteiger partial charge is 0.257 e. The highest BCUT2D eigenvalue weighted by Crippen LogP contribution is 2.37. The van der Waals surface area contributed by atoms with Crippen LogP contribution in [0.3, 0.4) is 0 Å². The molecule has 9 nitrogen and oxygen atoms in total. The van der Waals surface area contributed by atoms with E-state index in [0.717, 1.165) is 5.56 Å². The van der Waals surface area contributed by atoms with Crippen molar-refractivity contribution in [1.29, 1.82) is 0 Å². The average molecular weight is 467 g/mol. The van der Waals surface area contributed by atoms with Crippen LogP contribution in [0.4, 0.5) is 5.82 Å². The molecule has 2 aromatic heterocycles. The number of hydrogen-bond donors (Lipinski definition) is 2. The monoisotopic (exact) mass is 467 g/mol. The number of nitrogens with two attached hydrogens (primary N) is 1. The molecule has 0 radical (unpaired) electrons. The topological polar surface area (TPSA) is 114 Å². The van der Waals surface area contributed by atoms with E-state index in [1.54, 1.807) is 17.7 Å². The van der Waals surface area contributed by atoms with Crippen LogP contribution in [0.1, 0.15) is 15.9 Å². The standard InChI is InChI=1S/C26H21N5O4/c1-33-19-9-5-2-6-15(19)13-28-26(32)22-23-25(30-18-8-4-3-7-17(18)29-23)31(24(22)27)16-10-11-20-21(12-16)35-14-34-20/h2-12H,13-14,27H2,1H3,(H,28,32). The minimum absolute atomic E-state index is 0.155. The van der Waals surface area contributed by atoms with Gasteiger partial charge in [0.15, 0.2) is 17.1 Å². The average Bonchev–Trinajstić information content (AvgIpc) is 3.46. The maximum Gasteiger partial charge on any atom is 0.257 e. The molecule has 5 aromatic rings. The van der Waals surface area contributed by atoms with Crippen molar-refractivity contribution in [3.63, 3.8) is 0 Å². The van der Waals surface area contributed by atoms with Gasteiger partial charge in [0.25, 0.3) is 5.91 Å². The predicted molar refractivity (Wildman–Crippen MR) is 131 cm³/mol. The fourth-order valence-electron chi connectivity index (χ4n) is 4.28. The molecule has 35 heavy (non-hydrogen) atoms. The summed E-state index contributed by atoms with van der Waals surface area (Å²) in [5.74, 6) is 1.80. The Morgan fingerprint density at radius 3 is 2.60 bits per heavy atom. The molecule has 174 valence electrons. The molecule has 0 saturated carbocycles. The van der Waals surface area contributed by atoms with Crippen LogP contribution in [0, 0.1) is 0 Å². The molecule has 0 fully saturated rings. The second kappa shape index (κ2) is 8.21. The zero-order valence-corrected chi connectivity index (χ0v) is 18.8. The lowest BCUT2D eigenvalue weighted by atomic mass is 10.2. The fraction of sp³-hybridized carbons (Fsp3) is 0.115. The summed E-state index contributed by atoms with van der Waals surface area (Å²) in [4.78, 5) is 23.0. The van der Waals surface area contributed by atoms with Gasteiger partial charge in [0.1, 0.15) is 22.6 Å². The molecule has 3 heterocycles. The summed E-state index contributed by atoms with van der Waals surface area (Å²) in [5.41, 5.74) is 10.6. The van der Waals surface area contributed by atoms with E-state index in [1.807, 2.05) is 60.7 Å². The summed E-state index contributed by atoms with van der Waals surface area (Å²) in [6.07, 6.45) is 0. The van der Waals surface area contributed by atoms with Crippen LogP contribution in [-0.2, 0) is 6.54 Å². The summed E-state index contributed by atoms with van der Waals surface area (Å²) >= 11 is 0. The van der Waals surface area contributed by atoms with Gasteiger partial charge in [-0.05, 0) is 30.3 Å². The highest BCUT2D eigenvalue weighted by Gasteiger charge is 2.26. The number of nitrogens with one attached hydrogen (secondary N) is 1. The van der Waals surface area contributed by atoms with Gasteiger partial charge in [0.2, 0.25) is 6.79 Å². The van der Waals surface area contributed by atoms with Crippen LogP contribution >= 0.6 is 0 Å². The number of benzene rings is 3. The van der Waals surface area contributed by atoms with Gasteiger partial charge in [0.05, 0.1) is 23.8 Å². The predicted octanol–water partition coefficient (Wildman–Crippen LogP) is 3.82. The zero-order valence-electron chi connectivity index (χ0n) is 18.8. The molecule has 0 atom stereocenters. The number of carbonyl (C=O) groups is 1. The number of carbonyl (C=O) groups excluding carboxylic acids is 1. The number of hydrogen-bond acceptors (Lipinski definition) is 7. The third-order valence-corrected chi connectivity index (χ3v) is 5.97. The van der Waals surface area contributed by atoms with Crippen molar-refractivity contribution in [2.24, 2.45) is 0 Å². The molecule has 0 saturated heterocycles. The van der Waals surface area contributed by atoms with Crippen LogP contribution in [0.15, 0.2) is 66.7 Å². The van der Waals surface area contributed by atoms with Crippen LogP contribution < -0.4 is 25.3 Å². The van der Waals surface area contributed by atoms with E-state index in [-0.39, 0.29) is 30.6 Å². The molecule has 0 bridgehead atoms. The van der Waals surface area contributed by atoms with Crippen molar-refractivity contribution in [3.05, 3.63) is 77.9 Å². The third kappa shape index (κ3) is 3.45. The Hall–Kier alpha value is -4.79. The Morgan fingerprint density at radius 2 is 1.77 bits per heavy atom. The number of aromatic nitrogens is 3. The van der Waals surface area contributed by atoms with E-state index in [4.69, 9.17) is 29.9 Å². The van der Waals surface area contributed by atoms with E-state index >= 15 is 0 Å². The first-order valence-electron chi connectivity index (χ1n) is 11.0. The van der Waals surface area contributed by atoms with E-state index in [2.05, 4.69) is 5.32 Å². The number of anilines is 1. The van der Waals surface area contributed by atoms with Gasteiger partial charge < -0.3 is 25.3 Å². The minimum Gasteiger partial charge on any atom is -0.496 e. The third-order valence-electron chi connectivity index (χ3n) is 5.97. The Labute approximate surface area is 200 Å². The number of rotatable bonds is 5. The maximum atomic E-state index is 13.5. The molecule has 0 spiro atoms. The molecule has 6 rings (SSSR count). The SMILES string of the molecule is COc1ccccc1CNC(=O)c1c(N)n(-c2ccc3c(c2)OCO3)c2nc3ccccc3nc12. The molecule has 3 N–H and O–H groups in total. The Balaban J connectivity index is 1.49. The summed E-state index contributed by atoms with van der Waals surface area (Å²) in [7, 11) is 1.60. The van der Waals surface area contributed by atoms with Crippen molar-refractivity contribution in [3.8, 4) is 22.9 Å². The van der Waals surface area contributed by atoms with Crippen LogP contribution in [0.5, 0.6) is 17.2 Å². The van der Waals surface area contributed by atoms with Gasteiger partial charge >= 0.3 is 0 Å². The maximum absolute atomic E-state index is 13.5. The molecular weight excluding hydrogens is 446 g/mol. The minimum atomic E-state index is -0.359. The number of fused-ring (bicyclic) bond motifs is 3. The molecular formula is C26H21N5O4. The number of nitrogens with zero attached hydrogens (tertiary/aromatic N) is 3. The summed E-state index contributed by atoms with van der Waals surface area (Å²) in [6.45, 7) is 0.418. The number of amides is 1. The second-order valence-corrected chi connectivity index (χ2v) is 8.01. The van der Waals surface area contributed by atoms with Gasteiger partial charge in [-0.25, -0.2) is 9.97 Å². The number of nitrogen functional groups attached to an aromatic ring is 1. The Kier molecular flexibility index (Phi) is 4.88. The van der Waals surface area contributed by atoms with E-state index < -0.39 is 0 Å². The lowest BCUT2D eigenvalue weighted by Crippen LogP contribution is -2.24. The van der Waals surface area contributed by atoms with Crippen LogP contribution in [0.2, 0.25) is 0 Å². The molecule has 1 amide bonds. The first kappa shape index (κ1) is 20.8. The highest BCUT2D eigenvalue weighted by molar-refractivity contribution is 6.11. The fourth-order valence-corrected chi connectivity index (χ4v) is 4.28. The first-order valence-corrected chi connectivity index (χ1v) is 11.0. The molecule has 0 unspecified atom stereocenters. The second-order valence-electron chi connectivity index (χ2n) is 8.01. The van der Waals surface area contributed by atoms with Gasteiger partial charge in [-0.3, -0.25) is 9.36 Å². The molecule has 1 aliphatic heterocycles. The van der Waals surface area contributed by atoms with E-state index in [0.29, 0.717) is 45.1 Å². The Bertz CT molecular complexity index is 1610. The lowest BCUT2D eigenvalue weighted by Gasteiger charge is -2.10. The molecule has 1 aliphatic rings. The van der Waals surface area contributed by atoms with Crippen LogP contribution in [0.25, 0.3) is 27.9 Å². The van der Waals surface area contributed by atoms with E-state index in [1.165, 1.54) is 0 Å². The lowest BCUT2D eigenvalue weighted by molar-refractivity contribution is 0.0953. The Morgan fingerprint density at radius 1 is 1.03 bits per heavy atom. The van der Waals surface area contributed by atoms with Crippen molar-refractivity contribution in [2.45, 2.75) is 6.54 Å². The molecule has 0 aliphatic carbocycles. The normalized spacial score (nSPS) is 12.3. The number of ether oxygens (including phenoxy) is 3. The van der Waals surface area contributed by atoms with Crippen molar-refractivity contribution < 1.29 is 19.0 Å². The highest BCUT2D eigenvalue weighted by atomic mass is 16.7. The van der Waals surface area contributed by atoms with Crippen molar-refractivity contribution >= 4 is 33.9 Å². The van der Waals surface area contributed by atoms with Gasteiger partial charge in [-0.2, -0.15) is 0 Å². The molecule has 9 heteroatoms. The van der Waals surface area contributed by atoms with Gasteiger partial charge in [-0.1, -0.05) is 30.3 Å². The first-order chi connectivity index (χ1) is 17.1.